The molecule has 0 aromatic heterocycles. The molecule has 1 aromatic rings. The van der Waals surface area contributed by atoms with Gasteiger partial charge in [0.15, 0.2) is 5.96 Å². The minimum Gasteiger partial charge on any atom is -0.489 e. The van der Waals surface area contributed by atoms with Crippen LogP contribution in [0.3, 0.4) is 0 Å². The topological polar surface area (TPSA) is 66.0 Å². The van der Waals surface area contributed by atoms with Gasteiger partial charge in [0.05, 0.1) is 6.54 Å². The fourth-order valence-corrected chi connectivity index (χ4v) is 3.95. The molecule has 1 saturated heterocycles. The molecule has 8 heteroatoms. The zero-order chi connectivity index (χ0) is 19.9. The molecule has 162 valence electrons. The Kier molecular flexibility index (Phi) is 9.45. The van der Waals surface area contributed by atoms with E-state index in [2.05, 4.69) is 15.6 Å². The minimum absolute atomic E-state index is 0. The molecule has 29 heavy (non-hydrogen) atoms. The maximum absolute atomic E-state index is 13.2. The summed E-state index contributed by atoms with van der Waals surface area (Å²) in [5, 5.41) is 6.65. The molecule has 1 heterocycles. The highest BCUT2D eigenvalue weighted by Crippen LogP contribution is 2.27. The molecule has 1 aliphatic carbocycles. The number of amides is 1. The van der Waals surface area contributed by atoms with E-state index in [0.29, 0.717) is 24.2 Å². The van der Waals surface area contributed by atoms with Gasteiger partial charge in [-0.25, -0.2) is 4.39 Å². The first-order valence-corrected chi connectivity index (χ1v) is 10.2. The van der Waals surface area contributed by atoms with Crippen molar-refractivity contribution in [3.63, 3.8) is 0 Å². The molecular formula is C21H32FIN4O2. The van der Waals surface area contributed by atoms with Crippen molar-refractivity contribution in [2.24, 2.45) is 10.9 Å². The third kappa shape index (κ3) is 7.01. The van der Waals surface area contributed by atoms with Gasteiger partial charge in [-0.2, -0.15) is 0 Å². The lowest BCUT2D eigenvalue weighted by atomic mass is 10.1. The first-order valence-electron chi connectivity index (χ1n) is 10.2. The van der Waals surface area contributed by atoms with Crippen molar-refractivity contribution in [1.82, 2.24) is 15.5 Å². The molecule has 3 rings (SSSR count). The monoisotopic (exact) mass is 518 g/mol. The average Bonchev–Trinajstić information content (AvgIpc) is 3.36. The molecule has 1 aliphatic heterocycles. The van der Waals surface area contributed by atoms with Gasteiger partial charge in [-0.15, -0.1) is 24.0 Å². The van der Waals surface area contributed by atoms with E-state index in [1.165, 1.54) is 25.0 Å². The Morgan fingerprint density at radius 3 is 2.79 bits per heavy atom. The highest BCUT2D eigenvalue weighted by atomic mass is 127. The number of halogens is 2. The Balaban J connectivity index is 0.00000300. The molecule has 6 nitrogen and oxygen atoms in total. The molecule has 1 saturated carbocycles. The summed E-state index contributed by atoms with van der Waals surface area (Å²) in [6.07, 6.45) is 5.22. The molecule has 0 spiro atoms. The maximum Gasteiger partial charge on any atom is 0.225 e. The molecule has 0 radical (unpaired) electrons. The van der Waals surface area contributed by atoms with Crippen LogP contribution in [0, 0.1) is 11.7 Å². The number of aliphatic imine (C=N–C) groups is 1. The molecule has 2 fully saturated rings. The predicted molar refractivity (Wildman–Crippen MR) is 123 cm³/mol. The summed E-state index contributed by atoms with van der Waals surface area (Å²) >= 11 is 0. The second-order valence-corrected chi connectivity index (χ2v) is 7.73. The first kappa shape index (κ1) is 23.7. The van der Waals surface area contributed by atoms with Gasteiger partial charge in [-0.1, -0.05) is 18.9 Å². The third-order valence-electron chi connectivity index (χ3n) is 5.46. The van der Waals surface area contributed by atoms with Crippen molar-refractivity contribution in [1.29, 1.82) is 0 Å². The highest BCUT2D eigenvalue weighted by Gasteiger charge is 2.32. The molecule has 2 atom stereocenters. The number of ether oxygens (including phenoxy) is 1. The Morgan fingerprint density at radius 2 is 2.10 bits per heavy atom. The van der Waals surface area contributed by atoms with Crippen LogP contribution >= 0.6 is 24.0 Å². The fourth-order valence-electron chi connectivity index (χ4n) is 3.95. The lowest BCUT2D eigenvalue weighted by molar-refractivity contribution is -0.134. The van der Waals surface area contributed by atoms with Gasteiger partial charge in [0.1, 0.15) is 17.7 Å². The van der Waals surface area contributed by atoms with Crippen molar-refractivity contribution in [3.8, 4) is 5.75 Å². The van der Waals surface area contributed by atoms with Crippen LogP contribution in [0.2, 0.25) is 0 Å². The smallest absolute Gasteiger partial charge is 0.225 e. The first-order chi connectivity index (χ1) is 13.5. The van der Waals surface area contributed by atoms with Crippen molar-refractivity contribution in [3.05, 3.63) is 30.1 Å². The van der Waals surface area contributed by atoms with Gasteiger partial charge in [-0.3, -0.25) is 9.79 Å². The second-order valence-electron chi connectivity index (χ2n) is 7.73. The summed E-state index contributed by atoms with van der Waals surface area (Å²) in [5.74, 6) is 1.44. The number of likely N-dealkylation sites (tertiary alicyclic amines) is 1. The number of hydrogen-bond donors (Lipinski definition) is 2. The van der Waals surface area contributed by atoms with Crippen LogP contribution in [-0.4, -0.2) is 55.6 Å². The largest absolute Gasteiger partial charge is 0.489 e. The number of carbonyl (C=O) groups excluding carboxylic acids is 1. The van der Waals surface area contributed by atoms with Crippen molar-refractivity contribution in [2.45, 2.75) is 51.2 Å². The standard InChI is InChI=1S/C21H31FN4O2.HI/c1-15(28-19-9-5-8-17(22)12-19)13-24-21(23-2)25-18-10-11-26(14-18)20(27)16-6-3-4-7-16;/h5,8-9,12,15-16,18H,3-4,6-7,10-11,13-14H2,1-2H3,(H2,23,24,25);1H. The SMILES string of the molecule is CN=C(NCC(C)Oc1cccc(F)c1)NC1CCN(C(=O)C2CCCC2)C1.I. The van der Waals surface area contributed by atoms with Gasteiger partial charge < -0.3 is 20.3 Å². The Bertz CT molecular complexity index is 697. The number of carbonyl (C=O) groups is 1. The van der Waals surface area contributed by atoms with Crippen LogP contribution < -0.4 is 15.4 Å². The van der Waals surface area contributed by atoms with Gasteiger partial charge in [0.25, 0.3) is 0 Å². The number of rotatable bonds is 6. The summed E-state index contributed by atoms with van der Waals surface area (Å²) in [6, 6.07) is 6.34. The van der Waals surface area contributed by atoms with E-state index in [4.69, 9.17) is 4.74 Å². The number of hydrogen-bond acceptors (Lipinski definition) is 3. The normalized spacial score (nSPS) is 20.9. The molecule has 1 amide bonds. The van der Waals surface area contributed by atoms with E-state index in [0.717, 1.165) is 32.4 Å². The molecule has 0 bridgehead atoms. The van der Waals surface area contributed by atoms with Crippen LogP contribution in [0.4, 0.5) is 4.39 Å². The highest BCUT2D eigenvalue weighted by molar-refractivity contribution is 14.0. The molecule has 1 aromatic carbocycles. The molecule has 2 aliphatic rings. The van der Waals surface area contributed by atoms with Crippen LogP contribution in [0.5, 0.6) is 5.75 Å². The van der Waals surface area contributed by atoms with Crippen molar-refractivity contribution < 1.29 is 13.9 Å². The van der Waals surface area contributed by atoms with E-state index in [-0.39, 0.29) is 47.9 Å². The van der Waals surface area contributed by atoms with E-state index in [1.807, 2.05) is 11.8 Å². The van der Waals surface area contributed by atoms with Gasteiger partial charge in [-0.05, 0) is 38.3 Å². The Labute approximate surface area is 189 Å². The molecule has 2 unspecified atom stereocenters. The molecule has 2 N–H and O–H groups in total. The van der Waals surface area contributed by atoms with E-state index in [9.17, 15) is 9.18 Å². The lowest BCUT2D eigenvalue weighted by Gasteiger charge is -2.22. The van der Waals surface area contributed by atoms with Crippen LogP contribution in [0.25, 0.3) is 0 Å². The van der Waals surface area contributed by atoms with Crippen LogP contribution in [0.15, 0.2) is 29.3 Å². The van der Waals surface area contributed by atoms with E-state index < -0.39 is 0 Å². The maximum atomic E-state index is 13.2. The second kappa shape index (κ2) is 11.6. The summed E-state index contributed by atoms with van der Waals surface area (Å²) < 4.78 is 19.0. The molecular weight excluding hydrogens is 486 g/mol. The third-order valence-corrected chi connectivity index (χ3v) is 5.46. The Morgan fingerprint density at radius 1 is 1.34 bits per heavy atom. The zero-order valence-electron chi connectivity index (χ0n) is 17.2. The fraction of sp³-hybridized carbons (Fsp3) is 0.619. The van der Waals surface area contributed by atoms with E-state index >= 15 is 0 Å². The van der Waals surface area contributed by atoms with Crippen molar-refractivity contribution in [2.75, 3.05) is 26.7 Å². The van der Waals surface area contributed by atoms with Gasteiger partial charge in [0.2, 0.25) is 5.91 Å². The van der Waals surface area contributed by atoms with Gasteiger partial charge >= 0.3 is 0 Å². The predicted octanol–water partition coefficient (Wildman–Crippen LogP) is 3.17. The summed E-state index contributed by atoms with van der Waals surface area (Å²) in [5.41, 5.74) is 0. The summed E-state index contributed by atoms with van der Waals surface area (Å²) in [4.78, 5) is 18.8. The van der Waals surface area contributed by atoms with Crippen LogP contribution in [0.1, 0.15) is 39.0 Å². The van der Waals surface area contributed by atoms with Crippen LogP contribution in [-0.2, 0) is 4.79 Å². The van der Waals surface area contributed by atoms with Gasteiger partial charge in [0, 0.05) is 38.2 Å². The zero-order valence-corrected chi connectivity index (χ0v) is 19.5. The quantitative estimate of drug-likeness (QED) is 0.345. The number of benzene rings is 1. The number of nitrogens with zero attached hydrogens (tertiary/aromatic N) is 2. The minimum atomic E-state index is -0.312. The van der Waals surface area contributed by atoms with E-state index in [1.54, 1.807) is 19.2 Å². The van der Waals surface area contributed by atoms with Crippen molar-refractivity contribution >= 4 is 35.8 Å². The summed E-state index contributed by atoms with van der Waals surface area (Å²) in [7, 11) is 1.73. The lowest BCUT2D eigenvalue weighted by Crippen LogP contribution is -2.47. The number of guanidine groups is 1. The number of nitrogens with one attached hydrogen (secondary N) is 2. The summed E-state index contributed by atoms with van der Waals surface area (Å²) in [6.45, 7) is 3.99. The average molecular weight is 518 g/mol. The Hall–Kier alpha value is -1.58.